The number of esters is 1. The Kier molecular flexibility index (Phi) is 4.25. The Morgan fingerprint density at radius 2 is 2.05 bits per heavy atom. The van der Waals surface area contributed by atoms with Gasteiger partial charge in [0.25, 0.3) is 0 Å². The van der Waals surface area contributed by atoms with Crippen LogP contribution in [-0.2, 0) is 16.1 Å². The molecule has 0 unspecified atom stereocenters. The Labute approximate surface area is 115 Å². The van der Waals surface area contributed by atoms with Crippen molar-refractivity contribution in [3.63, 3.8) is 0 Å². The molecule has 0 bridgehead atoms. The molecule has 0 spiro atoms. The van der Waals surface area contributed by atoms with E-state index in [1.807, 2.05) is 12.1 Å². The van der Waals surface area contributed by atoms with Crippen molar-refractivity contribution >= 4 is 5.97 Å². The van der Waals surface area contributed by atoms with Crippen molar-refractivity contribution in [1.82, 2.24) is 5.32 Å². The van der Waals surface area contributed by atoms with E-state index >= 15 is 0 Å². The van der Waals surface area contributed by atoms with Crippen molar-refractivity contribution in [2.45, 2.75) is 45.7 Å². The molecule has 0 saturated heterocycles. The molecule has 1 fully saturated rings. The van der Waals surface area contributed by atoms with Crippen molar-refractivity contribution < 1.29 is 9.53 Å². The van der Waals surface area contributed by atoms with Gasteiger partial charge in [-0.3, -0.25) is 4.79 Å². The highest BCUT2D eigenvalue weighted by molar-refractivity contribution is 5.74. The summed E-state index contributed by atoms with van der Waals surface area (Å²) < 4.78 is 5.35. The first-order valence-corrected chi connectivity index (χ1v) is 6.94. The highest BCUT2D eigenvalue weighted by Gasteiger charge is 2.32. The molecule has 1 saturated carbocycles. The average Bonchev–Trinajstić information content (AvgIpc) is 3.19. The topological polar surface area (TPSA) is 38.3 Å². The van der Waals surface area contributed by atoms with Crippen LogP contribution in [0.3, 0.4) is 0 Å². The smallest absolute Gasteiger partial charge is 0.308 e. The molecule has 0 radical (unpaired) electrons. The first kappa shape index (κ1) is 14.1. The number of carbonyl (C=O) groups excluding carboxylic acids is 1. The quantitative estimate of drug-likeness (QED) is 0.800. The summed E-state index contributed by atoms with van der Waals surface area (Å²) in [6.45, 7) is 7.45. The van der Waals surface area contributed by atoms with E-state index in [0.29, 0.717) is 6.61 Å². The fourth-order valence-corrected chi connectivity index (χ4v) is 1.88. The summed E-state index contributed by atoms with van der Waals surface area (Å²) in [5.74, 6) is 0.137. The van der Waals surface area contributed by atoms with Crippen LogP contribution in [0.15, 0.2) is 24.3 Å². The van der Waals surface area contributed by atoms with E-state index in [1.165, 1.54) is 11.1 Å². The number of nitrogens with one attached hydrogen (secondary N) is 1. The summed E-state index contributed by atoms with van der Waals surface area (Å²) >= 11 is 0. The fraction of sp³-hybridized carbons (Fsp3) is 0.562. The number of ether oxygens (including phenoxy) is 1. The van der Waals surface area contributed by atoms with Crippen LogP contribution in [-0.4, -0.2) is 18.1 Å². The van der Waals surface area contributed by atoms with E-state index in [9.17, 15) is 4.79 Å². The van der Waals surface area contributed by atoms with E-state index in [-0.39, 0.29) is 17.4 Å². The second-order valence-electron chi connectivity index (χ2n) is 6.05. The maximum atomic E-state index is 11.5. The van der Waals surface area contributed by atoms with Gasteiger partial charge >= 0.3 is 5.97 Å². The zero-order valence-corrected chi connectivity index (χ0v) is 12.0. The van der Waals surface area contributed by atoms with Crippen LogP contribution >= 0.6 is 0 Å². The molecule has 0 aliphatic heterocycles. The Morgan fingerprint density at radius 3 is 2.68 bits per heavy atom. The number of carbonyl (C=O) groups is 1. The highest BCUT2D eigenvalue weighted by Crippen LogP contribution is 2.30. The van der Waals surface area contributed by atoms with Gasteiger partial charge in [0.15, 0.2) is 0 Å². The Morgan fingerprint density at radius 1 is 1.37 bits per heavy atom. The van der Waals surface area contributed by atoms with Gasteiger partial charge in [0.1, 0.15) is 6.61 Å². The van der Waals surface area contributed by atoms with Gasteiger partial charge in [0, 0.05) is 12.1 Å². The molecule has 1 aromatic rings. The lowest BCUT2D eigenvalue weighted by Crippen LogP contribution is -2.43. The largest absolute Gasteiger partial charge is 0.464 e. The standard InChI is InChI=1S/C16H23NO2/c1-12-6-4-5-7-14(12)10-17-16(2,3)11-19-15(18)13-8-9-13/h4-7,13,17H,8-11H2,1-3H3. The van der Waals surface area contributed by atoms with Crippen LogP contribution < -0.4 is 5.32 Å². The van der Waals surface area contributed by atoms with Crippen LogP contribution in [0, 0.1) is 12.8 Å². The normalized spacial score (nSPS) is 15.3. The molecule has 3 nitrogen and oxygen atoms in total. The van der Waals surface area contributed by atoms with Crippen LogP contribution in [0.2, 0.25) is 0 Å². The van der Waals surface area contributed by atoms with Crippen molar-refractivity contribution in [1.29, 1.82) is 0 Å². The summed E-state index contributed by atoms with van der Waals surface area (Å²) in [6.07, 6.45) is 1.99. The van der Waals surface area contributed by atoms with Gasteiger partial charge in [-0.2, -0.15) is 0 Å². The average molecular weight is 261 g/mol. The molecule has 3 heteroatoms. The third kappa shape index (κ3) is 4.35. The minimum atomic E-state index is -0.202. The van der Waals surface area contributed by atoms with Gasteiger partial charge in [0.2, 0.25) is 0 Å². The molecule has 104 valence electrons. The summed E-state index contributed by atoms with van der Waals surface area (Å²) in [6, 6.07) is 8.32. The van der Waals surface area contributed by atoms with E-state index in [4.69, 9.17) is 4.74 Å². The first-order valence-electron chi connectivity index (χ1n) is 6.94. The number of aryl methyl sites for hydroxylation is 1. The molecule has 0 aromatic heterocycles. The van der Waals surface area contributed by atoms with Gasteiger partial charge in [0.05, 0.1) is 5.92 Å². The van der Waals surface area contributed by atoms with Crippen LogP contribution in [0.5, 0.6) is 0 Å². The maximum Gasteiger partial charge on any atom is 0.308 e. The molecule has 2 rings (SSSR count). The number of hydrogen-bond donors (Lipinski definition) is 1. The third-order valence-corrected chi connectivity index (χ3v) is 3.50. The SMILES string of the molecule is Cc1ccccc1CNC(C)(C)COC(=O)C1CC1. The lowest BCUT2D eigenvalue weighted by atomic mass is 10.0. The number of hydrogen-bond acceptors (Lipinski definition) is 3. The van der Waals surface area contributed by atoms with Gasteiger partial charge in [-0.25, -0.2) is 0 Å². The highest BCUT2D eigenvalue weighted by atomic mass is 16.5. The monoisotopic (exact) mass is 261 g/mol. The Hall–Kier alpha value is -1.35. The Bertz CT molecular complexity index is 450. The second-order valence-corrected chi connectivity index (χ2v) is 6.05. The molecule has 1 aromatic carbocycles. The van der Waals surface area contributed by atoms with Crippen LogP contribution in [0.1, 0.15) is 37.8 Å². The minimum absolute atomic E-state index is 0.0363. The molecular formula is C16H23NO2. The van der Waals surface area contributed by atoms with Crippen LogP contribution in [0.4, 0.5) is 0 Å². The van der Waals surface area contributed by atoms with E-state index in [1.54, 1.807) is 0 Å². The summed E-state index contributed by atoms with van der Waals surface area (Å²) in [5.41, 5.74) is 2.36. The summed E-state index contributed by atoms with van der Waals surface area (Å²) in [5, 5.41) is 3.45. The molecule has 0 heterocycles. The summed E-state index contributed by atoms with van der Waals surface area (Å²) in [4.78, 5) is 11.5. The zero-order chi connectivity index (χ0) is 13.9. The number of rotatable bonds is 6. The molecular weight excluding hydrogens is 238 g/mol. The van der Waals surface area contributed by atoms with Crippen molar-refractivity contribution in [3.05, 3.63) is 35.4 Å². The lowest BCUT2D eigenvalue weighted by molar-refractivity contribution is -0.147. The fourth-order valence-electron chi connectivity index (χ4n) is 1.88. The van der Waals surface area contributed by atoms with E-state index < -0.39 is 0 Å². The first-order chi connectivity index (χ1) is 8.98. The van der Waals surface area contributed by atoms with Gasteiger partial charge < -0.3 is 10.1 Å². The van der Waals surface area contributed by atoms with Crippen molar-refractivity contribution in [3.8, 4) is 0 Å². The molecule has 19 heavy (non-hydrogen) atoms. The van der Waals surface area contributed by atoms with E-state index in [0.717, 1.165) is 19.4 Å². The van der Waals surface area contributed by atoms with Crippen LogP contribution in [0.25, 0.3) is 0 Å². The number of benzene rings is 1. The van der Waals surface area contributed by atoms with Gasteiger partial charge in [-0.1, -0.05) is 24.3 Å². The maximum absolute atomic E-state index is 11.5. The molecule has 1 aliphatic rings. The predicted molar refractivity (Wildman–Crippen MR) is 75.8 cm³/mol. The van der Waals surface area contributed by atoms with Gasteiger partial charge in [-0.15, -0.1) is 0 Å². The van der Waals surface area contributed by atoms with E-state index in [2.05, 4.69) is 38.2 Å². The second kappa shape index (κ2) is 5.74. The zero-order valence-electron chi connectivity index (χ0n) is 12.0. The molecule has 0 amide bonds. The lowest BCUT2D eigenvalue weighted by Gasteiger charge is -2.26. The molecule has 0 atom stereocenters. The third-order valence-electron chi connectivity index (χ3n) is 3.50. The minimum Gasteiger partial charge on any atom is -0.464 e. The summed E-state index contributed by atoms with van der Waals surface area (Å²) in [7, 11) is 0. The molecule has 1 aliphatic carbocycles. The Balaban J connectivity index is 1.79. The predicted octanol–water partition coefficient (Wildman–Crippen LogP) is 2.82. The molecule has 1 N–H and O–H groups in total. The van der Waals surface area contributed by atoms with Crippen molar-refractivity contribution in [2.75, 3.05) is 6.61 Å². The van der Waals surface area contributed by atoms with Gasteiger partial charge in [-0.05, 0) is 44.7 Å². The van der Waals surface area contributed by atoms with Crippen molar-refractivity contribution in [2.24, 2.45) is 5.92 Å².